The predicted octanol–water partition coefficient (Wildman–Crippen LogP) is 2.45. The van der Waals surface area contributed by atoms with Crippen LogP contribution >= 0.6 is 0 Å². The molecule has 0 aliphatic carbocycles. The summed E-state index contributed by atoms with van der Waals surface area (Å²) < 4.78 is 5.52. The zero-order valence-electron chi connectivity index (χ0n) is 19.2. The molecule has 1 heterocycles. The van der Waals surface area contributed by atoms with Gasteiger partial charge in [0, 0.05) is 39.3 Å². The van der Waals surface area contributed by atoms with Gasteiger partial charge in [-0.2, -0.15) is 0 Å². The molecule has 1 aliphatic rings. The fourth-order valence-corrected chi connectivity index (χ4v) is 3.19. The number of nitrogens with one attached hydrogen (secondary N) is 2. The maximum Gasteiger partial charge on any atom is 0.410 e. The third-order valence-electron chi connectivity index (χ3n) is 4.71. The Bertz CT molecular complexity index is 537. The number of rotatable bonds is 8. The van der Waals surface area contributed by atoms with E-state index >= 15 is 0 Å². The predicted molar refractivity (Wildman–Crippen MR) is 117 cm³/mol. The summed E-state index contributed by atoms with van der Waals surface area (Å²) in [6.45, 7) is 16.4. The zero-order chi connectivity index (χ0) is 21.9. The second kappa shape index (κ2) is 12.5. The number of piperidine rings is 1. The van der Waals surface area contributed by atoms with Gasteiger partial charge in [-0.3, -0.25) is 4.79 Å². The van der Waals surface area contributed by atoms with E-state index in [0.29, 0.717) is 25.6 Å². The lowest BCUT2D eigenvalue weighted by Gasteiger charge is -2.36. The lowest BCUT2D eigenvalue weighted by atomic mass is 9.96. The number of ether oxygens (including phenoxy) is 1. The van der Waals surface area contributed by atoms with Crippen LogP contribution in [0.2, 0.25) is 0 Å². The summed E-state index contributed by atoms with van der Waals surface area (Å²) in [4.78, 5) is 32.7. The number of carbonyl (C=O) groups excluding carboxylic acids is 2. The van der Waals surface area contributed by atoms with E-state index in [2.05, 4.69) is 20.5 Å². The Balaban J connectivity index is 2.56. The molecule has 1 aliphatic heterocycles. The first kappa shape index (κ1) is 25.0. The molecule has 0 aromatic heterocycles. The van der Waals surface area contributed by atoms with Crippen LogP contribution in [0, 0.1) is 5.92 Å². The molecule has 29 heavy (non-hydrogen) atoms. The molecule has 1 rings (SSSR count). The third kappa shape index (κ3) is 9.85. The van der Waals surface area contributed by atoms with Crippen molar-refractivity contribution in [2.24, 2.45) is 10.9 Å². The normalized spacial score (nSPS) is 15.8. The lowest BCUT2D eigenvalue weighted by Crippen LogP contribution is -2.48. The van der Waals surface area contributed by atoms with E-state index in [0.717, 1.165) is 44.9 Å². The molecule has 0 saturated carbocycles. The van der Waals surface area contributed by atoms with Gasteiger partial charge < -0.3 is 25.2 Å². The Morgan fingerprint density at radius 3 is 2.31 bits per heavy atom. The van der Waals surface area contributed by atoms with E-state index in [9.17, 15) is 9.59 Å². The highest BCUT2D eigenvalue weighted by atomic mass is 16.6. The van der Waals surface area contributed by atoms with Gasteiger partial charge in [0.1, 0.15) is 12.1 Å². The van der Waals surface area contributed by atoms with Crippen molar-refractivity contribution in [3.8, 4) is 0 Å². The zero-order valence-corrected chi connectivity index (χ0v) is 19.2. The second-order valence-corrected chi connectivity index (χ2v) is 8.47. The van der Waals surface area contributed by atoms with Crippen LogP contribution < -0.4 is 10.6 Å². The molecule has 0 aromatic rings. The quantitative estimate of drug-likeness (QED) is 0.473. The van der Waals surface area contributed by atoms with Crippen LogP contribution in [-0.2, 0) is 9.53 Å². The van der Waals surface area contributed by atoms with Crippen LogP contribution in [0.25, 0.3) is 0 Å². The maximum absolute atomic E-state index is 12.4. The SMILES string of the molecule is CCCNC(=O)CN=C(NCC)N1CCC(CN(CC)C(=O)OC(C)(C)C)CC1. The first-order chi connectivity index (χ1) is 13.7. The van der Waals surface area contributed by atoms with Crippen LogP contribution in [-0.4, -0.2) is 79.2 Å². The van der Waals surface area contributed by atoms with Crippen molar-refractivity contribution in [3.05, 3.63) is 0 Å². The lowest BCUT2D eigenvalue weighted by molar-refractivity contribution is -0.119. The van der Waals surface area contributed by atoms with Gasteiger partial charge in [0.05, 0.1) is 0 Å². The van der Waals surface area contributed by atoms with Crippen LogP contribution in [0.3, 0.4) is 0 Å². The molecule has 0 aromatic carbocycles. The van der Waals surface area contributed by atoms with Crippen molar-refractivity contribution in [1.82, 2.24) is 20.4 Å². The van der Waals surface area contributed by atoms with Crippen molar-refractivity contribution in [2.45, 2.75) is 66.4 Å². The van der Waals surface area contributed by atoms with Crippen LogP contribution in [0.1, 0.15) is 60.8 Å². The molecule has 8 nitrogen and oxygen atoms in total. The average Bonchev–Trinajstić information content (AvgIpc) is 2.66. The monoisotopic (exact) mass is 411 g/mol. The van der Waals surface area contributed by atoms with Gasteiger partial charge in [-0.05, 0) is 59.8 Å². The molecule has 0 spiro atoms. The van der Waals surface area contributed by atoms with Gasteiger partial charge in [0.2, 0.25) is 5.91 Å². The topological polar surface area (TPSA) is 86.3 Å². The van der Waals surface area contributed by atoms with Crippen LogP contribution in [0.4, 0.5) is 4.79 Å². The molecular weight excluding hydrogens is 370 g/mol. The van der Waals surface area contributed by atoms with Crippen LogP contribution in [0.5, 0.6) is 0 Å². The van der Waals surface area contributed by atoms with Crippen molar-refractivity contribution in [3.63, 3.8) is 0 Å². The van der Waals surface area contributed by atoms with Gasteiger partial charge in [0.25, 0.3) is 0 Å². The Morgan fingerprint density at radius 1 is 1.14 bits per heavy atom. The highest BCUT2D eigenvalue weighted by molar-refractivity contribution is 5.85. The highest BCUT2D eigenvalue weighted by Crippen LogP contribution is 2.20. The minimum absolute atomic E-state index is 0.0481. The molecule has 2 N–H and O–H groups in total. The van der Waals surface area contributed by atoms with Crippen LogP contribution in [0.15, 0.2) is 4.99 Å². The first-order valence-corrected chi connectivity index (χ1v) is 11.0. The summed E-state index contributed by atoms with van der Waals surface area (Å²) in [5, 5.41) is 6.14. The molecule has 8 heteroatoms. The Kier molecular flexibility index (Phi) is 10.8. The van der Waals surface area contributed by atoms with E-state index < -0.39 is 5.60 Å². The number of amides is 2. The van der Waals surface area contributed by atoms with Gasteiger partial charge >= 0.3 is 6.09 Å². The molecule has 1 fully saturated rings. The molecule has 2 amide bonds. The van der Waals surface area contributed by atoms with Crippen molar-refractivity contribution >= 4 is 18.0 Å². The molecule has 0 bridgehead atoms. The number of hydrogen-bond acceptors (Lipinski definition) is 4. The minimum Gasteiger partial charge on any atom is -0.444 e. The fraction of sp³-hybridized carbons (Fsp3) is 0.857. The standard InChI is InChI=1S/C21H41N5O3/c1-7-12-23-18(27)15-24-19(22-8-2)26-13-10-17(11-14-26)16-25(9-3)20(28)29-21(4,5)6/h17H,7-16H2,1-6H3,(H,22,24)(H,23,27). The Hall–Kier alpha value is -1.99. The smallest absolute Gasteiger partial charge is 0.410 e. The van der Waals surface area contributed by atoms with E-state index in [-0.39, 0.29) is 18.5 Å². The average molecular weight is 412 g/mol. The number of carbonyl (C=O) groups is 2. The number of likely N-dealkylation sites (tertiary alicyclic amines) is 1. The number of guanidine groups is 1. The Labute approximate surface area is 176 Å². The summed E-state index contributed by atoms with van der Waals surface area (Å²) in [5.41, 5.74) is -0.478. The third-order valence-corrected chi connectivity index (χ3v) is 4.71. The molecule has 0 unspecified atom stereocenters. The first-order valence-electron chi connectivity index (χ1n) is 11.0. The minimum atomic E-state index is -0.478. The molecule has 168 valence electrons. The molecule has 1 saturated heterocycles. The number of hydrogen-bond donors (Lipinski definition) is 2. The van der Waals surface area contributed by atoms with Gasteiger partial charge in [-0.15, -0.1) is 0 Å². The summed E-state index contributed by atoms with van der Waals surface area (Å²) in [7, 11) is 0. The summed E-state index contributed by atoms with van der Waals surface area (Å²) in [6.07, 6.45) is 2.63. The number of aliphatic imine (C=N–C) groups is 1. The second-order valence-electron chi connectivity index (χ2n) is 8.47. The summed E-state index contributed by atoms with van der Waals surface area (Å²) in [6, 6.07) is 0. The van der Waals surface area contributed by atoms with Crippen molar-refractivity contribution in [2.75, 3.05) is 45.8 Å². The van der Waals surface area contributed by atoms with Gasteiger partial charge in [-0.25, -0.2) is 9.79 Å². The summed E-state index contributed by atoms with van der Waals surface area (Å²) in [5.74, 6) is 1.18. The van der Waals surface area contributed by atoms with E-state index in [4.69, 9.17) is 4.74 Å². The van der Waals surface area contributed by atoms with Crippen molar-refractivity contribution in [1.29, 1.82) is 0 Å². The summed E-state index contributed by atoms with van der Waals surface area (Å²) >= 11 is 0. The molecule has 0 radical (unpaired) electrons. The number of nitrogens with zero attached hydrogens (tertiary/aromatic N) is 3. The van der Waals surface area contributed by atoms with Gasteiger partial charge in [-0.1, -0.05) is 6.92 Å². The fourth-order valence-electron chi connectivity index (χ4n) is 3.19. The largest absolute Gasteiger partial charge is 0.444 e. The van der Waals surface area contributed by atoms with E-state index in [1.54, 1.807) is 4.90 Å². The molecule has 0 atom stereocenters. The van der Waals surface area contributed by atoms with Crippen molar-refractivity contribution < 1.29 is 14.3 Å². The highest BCUT2D eigenvalue weighted by Gasteiger charge is 2.27. The Morgan fingerprint density at radius 2 is 1.79 bits per heavy atom. The van der Waals surface area contributed by atoms with Gasteiger partial charge in [0.15, 0.2) is 5.96 Å². The van der Waals surface area contributed by atoms with E-state index in [1.807, 2.05) is 41.5 Å². The maximum atomic E-state index is 12.4. The van der Waals surface area contributed by atoms with E-state index in [1.165, 1.54) is 0 Å². The molecular formula is C21H41N5O3.